The SMILES string of the molecule is COc1ccccc1C(=O)N1CCC(Oc2cccnc2)CC1. The van der Waals surface area contributed by atoms with Gasteiger partial charge >= 0.3 is 0 Å². The Morgan fingerprint density at radius 3 is 2.65 bits per heavy atom. The van der Waals surface area contributed by atoms with Gasteiger partial charge in [0.05, 0.1) is 18.9 Å². The maximum Gasteiger partial charge on any atom is 0.257 e. The lowest BCUT2D eigenvalue weighted by atomic mass is 10.1. The lowest BCUT2D eigenvalue weighted by Gasteiger charge is -2.32. The van der Waals surface area contributed by atoms with Crippen LogP contribution in [-0.2, 0) is 0 Å². The largest absolute Gasteiger partial charge is 0.496 e. The molecule has 23 heavy (non-hydrogen) atoms. The van der Waals surface area contributed by atoms with Crippen LogP contribution in [0.15, 0.2) is 48.8 Å². The standard InChI is InChI=1S/C18H20N2O3/c1-22-17-7-3-2-6-16(17)18(21)20-11-8-14(9-12-20)23-15-5-4-10-19-13-15/h2-7,10,13-14H,8-9,11-12H2,1H3. The Labute approximate surface area is 135 Å². The monoisotopic (exact) mass is 312 g/mol. The smallest absolute Gasteiger partial charge is 0.257 e. The number of ether oxygens (including phenoxy) is 2. The quantitative estimate of drug-likeness (QED) is 0.871. The Kier molecular flexibility index (Phi) is 4.76. The van der Waals surface area contributed by atoms with Crippen LogP contribution in [0.3, 0.4) is 0 Å². The van der Waals surface area contributed by atoms with Gasteiger partial charge in [-0.3, -0.25) is 9.78 Å². The van der Waals surface area contributed by atoms with E-state index >= 15 is 0 Å². The summed E-state index contributed by atoms with van der Waals surface area (Å²) in [7, 11) is 1.58. The minimum absolute atomic E-state index is 0.0160. The molecule has 5 nitrogen and oxygen atoms in total. The van der Waals surface area contributed by atoms with Crippen LogP contribution in [0.4, 0.5) is 0 Å². The van der Waals surface area contributed by atoms with Crippen LogP contribution < -0.4 is 9.47 Å². The molecule has 1 aromatic heterocycles. The molecule has 0 spiro atoms. The van der Waals surface area contributed by atoms with Crippen LogP contribution in [0.25, 0.3) is 0 Å². The Morgan fingerprint density at radius 2 is 1.96 bits per heavy atom. The van der Waals surface area contributed by atoms with E-state index in [9.17, 15) is 4.79 Å². The highest BCUT2D eigenvalue weighted by molar-refractivity contribution is 5.97. The summed E-state index contributed by atoms with van der Waals surface area (Å²) in [5.74, 6) is 1.41. The number of likely N-dealkylation sites (tertiary alicyclic amines) is 1. The van der Waals surface area contributed by atoms with E-state index in [1.165, 1.54) is 0 Å². The number of rotatable bonds is 4. The van der Waals surface area contributed by atoms with Gasteiger partial charge in [-0.2, -0.15) is 0 Å². The normalized spacial score (nSPS) is 15.3. The van der Waals surface area contributed by atoms with E-state index in [1.54, 1.807) is 25.6 Å². The molecule has 1 aromatic carbocycles. The fourth-order valence-electron chi connectivity index (χ4n) is 2.78. The zero-order valence-corrected chi connectivity index (χ0v) is 13.1. The number of carbonyl (C=O) groups excluding carboxylic acids is 1. The number of hydrogen-bond donors (Lipinski definition) is 0. The van der Waals surface area contributed by atoms with Crippen molar-refractivity contribution in [2.45, 2.75) is 18.9 Å². The van der Waals surface area contributed by atoms with Crippen molar-refractivity contribution < 1.29 is 14.3 Å². The summed E-state index contributed by atoms with van der Waals surface area (Å²) in [6, 6.07) is 11.1. The summed E-state index contributed by atoms with van der Waals surface area (Å²) in [6.07, 6.45) is 5.19. The van der Waals surface area contributed by atoms with Gasteiger partial charge in [0, 0.05) is 32.1 Å². The summed E-state index contributed by atoms with van der Waals surface area (Å²) in [5, 5.41) is 0. The van der Waals surface area contributed by atoms with Crippen molar-refractivity contribution in [1.82, 2.24) is 9.88 Å². The number of carbonyl (C=O) groups is 1. The minimum Gasteiger partial charge on any atom is -0.496 e. The van der Waals surface area contributed by atoms with Crippen molar-refractivity contribution >= 4 is 5.91 Å². The second kappa shape index (κ2) is 7.13. The van der Waals surface area contributed by atoms with Crippen molar-refractivity contribution in [2.24, 2.45) is 0 Å². The highest BCUT2D eigenvalue weighted by Crippen LogP contribution is 2.23. The first-order valence-corrected chi connectivity index (χ1v) is 7.77. The average Bonchev–Trinajstić information content (AvgIpc) is 2.62. The predicted octanol–water partition coefficient (Wildman–Crippen LogP) is 2.77. The van der Waals surface area contributed by atoms with Gasteiger partial charge in [-0.1, -0.05) is 12.1 Å². The van der Waals surface area contributed by atoms with E-state index in [2.05, 4.69) is 4.98 Å². The van der Waals surface area contributed by atoms with Crippen LogP contribution in [0.5, 0.6) is 11.5 Å². The molecule has 0 N–H and O–H groups in total. The molecule has 0 atom stereocenters. The lowest BCUT2D eigenvalue weighted by molar-refractivity contribution is 0.0592. The third kappa shape index (κ3) is 3.62. The molecule has 0 radical (unpaired) electrons. The van der Waals surface area contributed by atoms with Gasteiger partial charge in [0.25, 0.3) is 5.91 Å². The average molecular weight is 312 g/mol. The molecule has 2 heterocycles. The highest BCUT2D eigenvalue weighted by atomic mass is 16.5. The van der Waals surface area contributed by atoms with Crippen molar-refractivity contribution in [2.75, 3.05) is 20.2 Å². The summed E-state index contributed by atoms with van der Waals surface area (Å²) in [5.41, 5.74) is 0.613. The molecule has 5 heteroatoms. The van der Waals surface area contributed by atoms with E-state index in [0.717, 1.165) is 18.6 Å². The molecule has 1 fully saturated rings. The Hall–Kier alpha value is -2.56. The zero-order valence-electron chi connectivity index (χ0n) is 13.1. The summed E-state index contributed by atoms with van der Waals surface area (Å²) < 4.78 is 11.2. The first kappa shape index (κ1) is 15.3. The van der Waals surface area contributed by atoms with Gasteiger partial charge < -0.3 is 14.4 Å². The molecule has 3 rings (SSSR count). The van der Waals surface area contributed by atoms with Crippen molar-refractivity contribution in [3.8, 4) is 11.5 Å². The number of amides is 1. The maximum absolute atomic E-state index is 12.6. The molecular formula is C18H20N2O3. The summed E-state index contributed by atoms with van der Waals surface area (Å²) in [6.45, 7) is 1.36. The molecule has 0 aliphatic carbocycles. The van der Waals surface area contributed by atoms with E-state index in [0.29, 0.717) is 24.4 Å². The predicted molar refractivity (Wildman–Crippen MR) is 86.8 cm³/mol. The molecule has 1 saturated heterocycles. The molecule has 2 aromatic rings. The Morgan fingerprint density at radius 1 is 1.17 bits per heavy atom. The van der Waals surface area contributed by atoms with Gasteiger partial charge in [0.1, 0.15) is 17.6 Å². The first-order chi connectivity index (χ1) is 11.3. The summed E-state index contributed by atoms with van der Waals surface area (Å²) >= 11 is 0. The van der Waals surface area contributed by atoms with Gasteiger partial charge in [-0.25, -0.2) is 0 Å². The van der Waals surface area contributed by atoms with E-state index < -0.39 is 0 Å². The number of benzene rings is 1. The fourth-order valence-corrected chi connectivity index (χ4v) is 2.78. The zero-order chi connectivity index (χ0) is 16.1. The van der Waals surface area contributed by atoms with Crippen molar-refractivity contribution in [3.63, 3.8) is 0 Å². The Balaban J connectivity index is 1.59. The number of piperidine rings is 1. The van der Waals surface area contributed by atoms with Gasteiger partial charge in [-0.15, -0.1) is 0 Å². The van der Waals surface area contributed by atoms with Crippen LogP contribution in [-0.4, -0.2) is 42.1 Å². The topological polar surface area (TPSA) is 51.7 Å². The van der Waals surface area contributed by atoms with Crippen LogP contribution in [0.2, 0.25) is 0 Å². The molecule has 120 valence electrons. The number of nitrogens with zero attached hydrogens (tertiary/aromatic N) is 2. The van der Waals surface area contributed by atoms with Gasteiger partial charge in [0.2, 0.25) is 0 Å². The lowest BCUT2D eigenvalue weighted by Crippen LogP contribution is -2.41. The van der Waals surface area contributed by atoms with Gasteiger partial charge in [0.15, 0.2) is 0 Å². The number of para-hydroxylation sites is 1. The minimum atomic E-state index is 0.0160. The third-order valence-electron chi connectivity index (χ3n) is 4.00. The molecule has 0 saturated carbocycles. The van der Waals surface area contributed by atoms with Crippen LogP contribution in [0.1, 0.15) is 23.2 Å². The Bertz CT molecular complexity index is 652. The molecule has 0 bridgehead atoms. The van der Waals surface area contributed by atoms with Crippen molar-refractivity contribution in [1.29, 1.82) is 0 Å². The molecule has 1 amide bonds. The molecule has 1 aliphatic heterocycles. The van der Waals surface area contributed by atoms with E-state index in [1.807, 2.05) is 35.2 Å². The van der Waals surface area contributed by atoms with Crippen LogP contribution in [0, 0.1) is 0 Å². The van der Waals surface area contributed by atoms with Gasteiger partial charge in [-0.05, 0) is 24.3 Å². The second-order valence-corrected chi connectivity index (χ2v) is 5.50. The number of hydrogen-bond acceptors (Lipinski definition) is 4. The van der Waals surface area contributed by atoms with Crippen molar-refractivity contribution in [3.05, 3.63) is 54.4 Å². The molecule has 0 unspecified atom stereocenters. The third-order valence-corrected chi connectivity index (χ3v) is 4.00. The van der Waals surface area contributed by atoms with E-state index in [-0.39, 0.29) is 12.0 Å². The van der Waals surface area contributed by atoms with E-state index in [4.69, 9.17) is 9.47 Å². The fraction of sp³-hybridized carbons (Fsp3) is 0.333. The van der Waals surface area contributed by atoms with Crippen LogP contribution >= 0.6 is 0 Å². The maximum atomic E-state index is 12.6. The first-order valence-electron chi connectivity index (χ1n) is 7.77. The summed E-state index contributed by atoms with van der Waals surface area (Å²) in [4.78, 5) is 18.6. The highest BCUT2D eigenvalue weighted by Gasteiger charge is 2.26. The molecule has 1 aliphatic rings. The number of pyridine rings is 1. The molecular weight excluding hydrogens is 292 g/mol. The number of aromatic nitrogens is 1. The number of methoxy groups -OCH3 is 1. The second-order valence-electron chi connectivity index (χ2n) is 5.50.